The molecule has 1 aromatic carbocycles. The van der Waals surface area contributed by atoms with Gasteiger partial charge in [-0.25, -0.2) is 4.98 Å². The van der Waals surface area contributed by atoms with Crippen molar-refractivity contribution >= 4 is 44.9 Å². The minimum absolute atomic E-state index is 0.0641. The van der Waals surface area contributed by atoms with Gasteiger partial charge in [-0.15, -0.1) is 11.3 Å². The van der Waals surface area contributed by atoms with E-state index in [-0.39, 0.29) is 23.8 Å². The molecule has 10 heteroatoms. The molecule has 3 aromatic heterocycles. The van der Waals surface area contributed by atoms with Gasteiger partial charge in [-0.3, -0.25) is 14.2 Å². The number of thioether (sulfide) groups is 1. The molecule has 8 nitrogen and oxygen atoms in total. The van der Waals surface area contributed by atoms with E-state index in [1.807, 2.05) is 13.8 Å². The van der Waals surface area contributed by atoms with Crippen molar-refractivity contribution in [1.29, 1.82) is 0 Å². The minimum Gasteiger partial charge on any atom is -0.497 e. The van der Waals surface area contributed by atoms with Gasteiger partial charge in [0, 0.05) is 10.9 Å². The van der Waals surface area contributed by atoms with Crippen molar-refractivity contribution in [2.45, 2.75) is 25.5 Å². The van der Waals surface area contributed by atoms with Crippen molar-refractivity contribution in [3.05, 3.63) is 63.1 Å². The monoisotopic (exact) mass is 485 g/mol. The van der Waals surface area contributed by atoms with E-state index in [0.29, 0.717) is 38.3 Å². The van der Waals surface area contributed by atoms with Crippen LogP contribution in [-0.4, -0.2) is 35.4 Å². The SMILES string of the molecule is COc1ccc(NC(=O)CSc2nc3sc(C)c(C)c3c(=O)n2Cc2ccco2)c(OC)c1. The first-order valence-electron chi connectivity index (χ1n) is 10.1. The van der Waals surface area contributed by atoms with Gasteiger partial charge in [-0.1, -0.05) is 11.8 Å². The van der Waals surface area contributed by atoms with Crippen LogP contribution in [0.2, 0.25) is 0 Å². The van der Waals surface area contributed by atoms with Crippen LogP contribution in [0.3, 0.4) is 0 Å². The summed E-state index contributed by atoms with van der Waals surface area (Å²) >= 11 is 2.68. The lowest BCUT2D eigenvalue weighted by Gasteiger charge is -2.13. The summed E-state index contributed by atoms with van der Waals surface area (Å²) in [7, 11) is 3.09. The number of anilines is 1. The van der Waals surface area contributed by atoms with Crippen molar-refractivity contribution in [2.24, 2.45) is 0 Å². The standard InChI is InChI=1S/C23H23N3O5S2/c1-13-14(2)33-21-20(13)22(28)26(11-16-6-5-9-31-16)23(25-21)32-12-19(27)24-17-8-7-15(29-3)10-18(17)30-4/h5-10H,11-12H2,1-4H3,(H,24,27). The third-order valence-corrected chi connectivity index (χ3v) is 7.24. The number of thiophene rings is 1. The number of hydrogen-bond donors (Lipinski definition) is 1. The van der Waals surface area contributed by atoms with E-state index in [0.717, 1.165) is 10.4 Å². The molecule has 3 heterocycles. The highest BCUT2D eigenvalue weighted by Gasteiger charge is 2.19. The van der Waals surface area contributed by atoms with E-state index in [4.69, 9.17) is 18.9 Å². The number of hydrogen-bond acceptors (Lipinski definition) is 8. The second-order valence-electron chi connectivity index (χ2n) is 7.23. The number of aromatic nitrogens is 2. The number of fused-ring (bicyclic) bond motifs is 1. The van der Waals surface area contributed by atoms with Crippen molar-refractivity contribution < 1.29 is 18.7 Å². The third kappa shape index (κ3) is 4.76. The maximum atomic E-state index is 13.3. The normalized spacial score (nSPS) is 11.0. The first-order chi connectivity index (χ1) is 15.9. The highest BCUT2D eigenvalue weighted by atomic mass is 32.2. The number of methoxy groups -OCH3 is 2. The molecular weight excluding hydrogens is 462 g/mol. The van der Waals surface area contributed by atoms with E-state index >= 15 is 0 Å². The summed E-state index contributed by atoms with van der Waals surface area (Å²) in [6, 6.07) is 8.73. The number of benzene rings is 1. The number of rotatable bonds is 8. The van der Waals surface area contributed by atoms with E-state index in [2.05, 4.69) is 5.32 Å². The van der Waals surface area contributed by atoms with Crippen LogP contribution in [-0.2, 0) is 11.3 Å². The predicted molar refractivity (Wildman–Crippen MR) is 130 cm³/mol. The van der Waals surface area contributed by atoms with Gasteiger partial charge in [0.15, 0.2) is 5.16 Å². The van der Waals surface area contributed by atoms with Gasteiger partial charge in [-0.05, 0) is 43.7 Å². The van der Waals surface area contributed by atoms with Crippen molar-refractivity contribution in [3.8, 4) is 11.5 Å². The molecule has 0 aliphatic heterocycles. The number of aryl methyl sites for hydroxylation is 2. The average Bonchev–Trinajstić information content (AvgIpc) is 3.42. The Kier molecular flexibility index (Phi) is 6.75. The Morgan fingerprint density at radius 1 is 1.24 bits per heavy atom. The Morgan fingerprint density at radius 2 is 2.06 bits per heavy atom. The molecule has 4 aromatic rings. The second-order valence-corrected chi connectivity index (χ2v) is 9.38. The Labute approximate surface area is 198 Å². The summed E-state index contributed by atoms with van der Waals surface area (Å²) in [6.07, 6.45) is 1.56. The number of carbonyl (C=O) groups excluding carboxylic acids is 1. The van der Waals surface area contributed by atoms with E-state index in [9.17, 15) is 9.59 Å². The lowest BCUT2D eigenvalue weighted by atomic mass is 10.2. The number of nitrogens with zero attached hydrogens (tertiary/aromatic N) is 2. The lowest BCUT2D eigenvalue weighted by molar-refractivity contribution is -0.113. The third-order valence-electron chi connectivity index (χ3n) is 5.16. The Balaban J connectivity index is 1.60. The fraction of sp³-hybridized carbons (Fsp3) is 0.261. The van der Waals surface area contributed by atoms with Gasteiger partial charge in [0.1, 0.15) is 22.1 Å². The zero-order valence-corrected chi connectivity index (χ0v) is 20.3. The summed E-state index contributed by atoms with van der Waals surface area (Å²) in [6.45, 7) is 4.14. The van der Waals surface area contributed by atoms with Crippen LogP contribution in [0.4, 0.5) is 5.69 Å². The van der Waals surface area contributed by atoms with Gasteiger partial charge < -0.3 is 19.2 Å². The van der Waals surface area contributed by atoms with Crippen LogP contribution >= 0.6 is 23.1 Å². The lowest BCUT2D eigenvalue weighted by Crippen LogP contribution is -2.24. The molecule has 1 N–H and O–H groups in total. The first kappa shape index (κ1) is 22.9. The van der Waals surface area contributed by atoms with Crippen molar-refractivity contribution in [3.63, 3.8) is 0 Å². The first-order valence-corrected chi connectivity index (χ1v) is 11.9. The molecule has 0 aliphatic rings. The molecule has 33 heavy (non-hydrogen) atoms. The molecule has 172 valence electrons. The molecule has 0 spiro atoms. The quantitative estimate of drug-likeness (QED) is 0.291. The molecule has 0 atom stereocenters. The molecule has 1 amide bonds. The van der Waals surface area contributed by atoms with Gasteiger partial charge in [-0.2, -0.15) is 0 Å². The summed E-state index contributed by atoms with van der Waals surface area (Å²) < 4.78 is 17.5. The van der Waals surface area contributed by atoms with Crippen LogP contribution < -0.4 is 20.3 Å². The fourth-order valence-corrected chi connectivity index (χ4v) is 5.20. The molecule has 0 aliphatic carbocycles. The molecule has 0 saturated heterocycles. The van der Waals surface area contributed by atoms with Crippen LogP contribution in [0.1, 0.15) is 16.2 Å². The minimum atomic E-state index is -0.249. The molecule has 0 unspecified atom stereocenters. The second kappa shape index (κ2) is 9.72. The van der Waals surface area contributed by atoms with Crippen LogP contribution in [0.25, 0.3) is 10.2 Å². The van der Waals surface area contributed by atoms with Gasteiger partial charge in [0.2, 0.25) is 5.91 Å². The number of nitrogens with one attached hydrogen (secondary N) is 1. The summed E-state index contributed by atoms with van der Waals surface area (Å²) in [4.78, 5) is 32.5. The van der Waals surface area contributed by atoms with Crippen LogP contribution in [0, 0.1) is 13.8 Å². The molecule has 4 rings (SSSR count). The van der Waals surface area contributed by atoms with Crippen molar-refractivity contribution in [2.75, 3.05) is 25.3 Å². The maximum absolute atomic E-state index is 13.3. The summed E-state index contributed by atoms with van der Waals surface area (Å²) in [5.41, 5.74) is 1.32. The Hall–Kier alpha value is -3.24. The average molecular weight is 486 g/mol. The van der Waals surface area contributed by atoms with E-state index < -0.39 is 0 Å². The molecule has 0 fully saturated rings. The van der Waals surface area contributed by atoms with Crippen LogP contribution in [0.5, 0.6) is 11.5 Å². The molecular formula is C23H23N3O5S2. The van der Waals surface area contributed by atoms with Gasteiger partial charge in [0.25, 0.3) is 5.56 Å². The smallest absolute Gasteiger partial charge is 0.263 e. The fourth-order valence-electron chi connectivity index (χ4n) is 3.33. The number of amides is 1. The zero-order valence-electron chi connectivity index (χ0n) is 18.6. The number of carbonyl (C=O) groups is 1. The zero-order chi connectivity index (χ0) is 23.5. The topological polar surface area (TPSA) is 95.6 Å². The molecule has 0 radical (unpaired) electrons. The Morgan fingerprint density at radius 3 is 2.76 bits per heavy atom. The van der Waals surface area contributed by atoms with Gasteiger partial charge >= 0.3 is 0 Å². The van der Waals surface area contributed by atoms with Crippen molar-refractivity contribution in [1.82, 2.24) is 9.55 Å². The van der Waals surface area contributed by atoms with Crippen LogP contribution in [0.15, 0.2) is 51.0 Å². The Bertz CT molecular complexity index is 1360. The molecule has 0 bridgehead atoms. The van der Waals surface area contributed by atoms with E-state index in [1.54, 1.807) is 48.3 Å². The van der Waals surface area contributed by atoms with Gasteiger partial charge in [0.05, 0.1) is 43.9 Å². The highest BCUT2D eigenvalue weighted by Crippen LogP contribution is 2.31. The molecule has 0 saturated carbocycles. The maximum Gasteiger partial charge on any atom is 0.263 e. The highest BCUT2D eigenvalue weighted by molar-refractivity contribution is 7.99. The predicted octanol–water partition coefficient (Wildman–Crippen LogP) is 4.46. The number of furan rings is 1. The number of ether oxygens (including phenoxy) is 2. The largest absolute Gasteiger partial charge is 0.497 e. The van der Waals surface area contributed by atoms with E-state index in [1.165, 1.54) is 30.2 Å². The summed E-state index contributed by atoms with van der Waals surface area (Å²) in [5, 5.41) is 3.91. The summed E-state index contributed by atoms with van der Waals surface area (Å²) in [5.74, 6) is 1.57.